The number of amides is 6. The van der Waals surface area contributed by atoms with Gasteiger partial charge in [-0.3, -0.25) is 28.8 Å². The molecule has 326 valence electrons. The Labute approximate surface area is 359 Å². The van der Waals surface area contributed by atoms with Gasteiger partial charge in [0.05, 0.1) is 6.42 Å². The van der Waals surface area contributed by atoms with Crippen molar-refractivity contribution in [2.75, 3.05) is 6.54 Å². The third-order valence-electron chi connectivity index (χ3n) is 9.49. The molecule has 0 fully saturated rings. The summed E-state index contributed by atoms with van der Waals surface area (Å²) in [4.78, 5) is 94.7. The maximum absolute atomic E-state index is 14.1. The fourth-order valence-corrected chi connectivity index (χ4v) is 6.55. The summed E-state index contributed by atoms with van der Waals surface area (Å²) in [6.45, 7) is 5.26. The molecule has 0 aliphatic carbocycles. The summed E-state index contributed by atoms with van der Waals surface area (Å²) in [5.74, 6) is -5.13. The smallest absolute Gasteiger partial charge is 0.408 e. The number of carboxylic acid groups (broad SMARTS) is 1. The Bertz CT molecular complexity index is 2140. The predicted octanol–water partition coefficient (Wildman–Crippen LogP) is 3.83. The van der Waals surface area contributed by atoms with Gasteiger partial charge in [0.25, 0.3) is 0 Å². The lowest BCUT2D eigenvalue weighted by Gasteiger charge is -2.27. The van der Waals surface area contributed by atoms with Crippen molar-refractivity contribution in [1.82, 2.24) is 31.6 Å². The number of fused-ring (bicyclic) bond motifs is 1. The fourth-order valence-electron chi connectivity index (χ4n) is 6.42. The van der Waals surface area contributed by atoms with Crippen molar-refractivity contribution in [3.63, 3.8) is 0 Å². The highest BCUT2D eigenvalue weighted by molar-refractivity contribution is 6.30. The molecular weight excluding hydrogens is 806 g/mol. The zero-order chi connectivity index (χ0) is 44.5. The largest absolute Gasteiger partial charge is 0.481 e. The van der Waals surface area contributed by atoms with Crippen LogP contribution in [0.3, 0.4) is 0 Å². The number of aryl methyl sites for hydroxylation is 1. The number of carboxylic acids is 1. The molecule has 0 unspecified atom stereocenters. The number of halogens is 1. The first-order valence-corrected chi connectivity index (χ1v) is 20.4. The summed E-state index contributed by atoms with van der Waals surface area (Å²) in [5.41, 5.74) is 7.80. The number of hydrogen-bond acceptors (Lipinski definition) is 8. The molecule has 0 spiro atoms. The number of nitrogens with one attached hydrogen (secondary N) is 6. The van der Waals surface area contributed by atoms with E-state index in [-0.39, 0.29) is 38.1 Å². The van der Waals surface area contributed by atoms with Crippen molar-refractivity contribution in [3.05, 3.63) is 107 Å². The van der Waals surface area contributed by atoms with E-state index in [0.29, 0.717) is 35.4 Å². The summed E-state index contributed by atoms with van der Waals surface area (Å²) in [7, 11) is 0. The van der Waals surface area contributed by atoms with Crippen LogP contribution in [0.1, 0.15) is 69.6 Å². The monoisotopic (exact) mass is 859 g/mol. The number of aromatic amines is 1. The summed E-state index contributed by atoms with van der Waals surface area (Å²) in [6, 6.07) is 17.7. The van der Waals surface area contributed by atoms with Crippen LogP contribution in [-0.4, -0.2) is 88.0 Å². The van der Waals surface area contributed by atoms with Crippen molar-refractivity contribution in [1.29, 1.82) is 0 Å². The second kappa shape index (κ2) is 22.8. The molecule has 4 rings (SSSR count). The highest BCUT2D eigenvalue weighted by Crippen LogP contribution is 2.20. The molecule has 0 aliphatic rings. The van der Waals surface area contributed by atoms with Gasteiger partial charge < -0.3 is 47.1 Å². The van der Waals surface area contributed by atoms with Gasteiger partial charge in [0.1, 0.15) is 29.8 Å². The number of rotatable bonds is 22. The van der Waals surface area contributed by atoms with Crippen LogP contribution in [0.25, 0.3) is 10.9 Å². The van der Waals surface area contributed by atoms with Crippen LogP contribution >= 0.6 is 11.6 Å². The lowest BCUT2D eigenvalue weighted by atomic mass is 10.0. The Morgan fingerprint density at radius 2 is 1.36 bits per heavy atom. The van der Waals surface area contributed by atoms with Gasteiger partial charge in [-0.1, -0.05) is 72.3 Å². The molecule has 0 saturated carbocycles. The molecule has 6 amide bonds. The number of para-hydroxylation sites is 1. The molecule has 9 N–H and O–H groups in total. The summed E-state index contributed by atoms with van der Waals surface area (Å²) in [6.07, 6.45) is 1.38. The van der Waals surface area contributed by atoms with Gasteiger partial charge in [-0.2, -0.15) is 0 Å². The molecule has 1 heterocycles. The second-order valence-corrected chi connectivity index (χ2v) is 16.0. The van der Waals surface area contributed by atoms with Gasteiger partial charge in [-0.25, -0.2) is 4.79 Å². The number of ether oxygens (including phenoxy) is 1. The van der Waals surface area contributed by atoms with E-state index in [1.54, 1.807) is 69.4 Å². The van der Waals surface area contributed by atoms with Crippen LogP contribution < -0.4 is 32.3 Å². The number of alkyl carbamates (subject to hydrolysis) is 1. The first-order chi connectivity index (χ1) is 29.0. The van der Waals surface area contributed by atoms with Crippen molar-refractivity contribution >= 4 is 64.1 Å². The van der Waals surface area contributed by atoms with E-state index in [9.17, 15) is 38.7 Å². The van der Waals surface area contributed by atoms with Crippen LogP contribution in [0, 0.1) is 0 Å². The summed E-state index contributed by atoms with van der Waals surface area (Å²) < 4.78 is 5.45. The second-order valence-electron chi connectivity index (χ2n) is 15.6. The highest BCUT2D eigenvalue weighted by Gasteiger charge is 2.33. The minimum absolute atomic E-state index is 0.00840. The minimum Gasteiger partial charge on any atom is -0.481 e. The van der Waals surface area contributed by atoms with Gasteiger partial charge >= 0.3 is 12.1 Å². The molecule has 61 heavy (non-hydrogen) atoms. The average molecular weight is 860 g/mol. The molecule has 0 aliphatic heterocycles. The Balaban J connectivity index is 1.51. The zero-order valence-electron chi connectivity index (χ0n) is 34.4. The van der Waals surface area contributed by atoms with E-state index in [1.807, 2.05) is 36.4 Å². The standard InChI is InChI=1S/C44H54ClN7O9/c1-44(2,3)61-43(60)52-35(24-29-26-48-32-14-8-7-13-31(29)32)41(58)49-33(15-9-10-22-47-37(53)21-18-27-16-19-30(45)20-17-27)40(57)51-36(25-38(54)55)42(59)50-34(39(46)56)23-28-11-5-4-6-12-28/h4-8,11-14,16-17,19-20,26,33-36,48H,9-10,15,18,21-25H2,1-3H3,(H2,46,56)(H,47,53)(H,49,58)(H,50,59)(H,51,57)(H,52,60)(H,54,55)/t33-,34-,35-,36-/m0/s1. The number of aliphatic carboxylic acids is 1. The van der Waals surface area contributed by atoms with Crippen LogP contribution in [0.5, 0.6) is 0 Å². The third kappa shape index (κ3) is 16.3. The number of carbonyl (C=O) groups is 7. The van der Waals surface area contributed by atoms with Gasteiger partial charge in [-0.15, -0.1) is 0 Å². The zero-order valence-corrected chi connectivity index (χ0v) is 35.2. The predicted molar refractivity (Wildman–Crippen MR) is 229 cm³/mol. The summed E-state index contributed by atoms with van der Waals surface area (Å²) in [5, 5.41) is 24.2. The number of unbranched alkanes of at least 4 members (excludes halogenated alkanes) is 1. The van der Waals surface area contributed by atoms with E-state index >= 15 is 0 Å². The number of benzene rings is 3. The molecule has 4 atom stereocenters. The van der Waals surface area contributed by atoms with Gasteiger partial charge in [-0.05, 0) is 81.3 Å². The van der Waals surface area contributed by atoms with Crippen molar-refractivity contribution in [2.45, 2.75) is 102 Å². The summed E-state index contributed by atoms with van der Waals surface area (Å²) >= 11 is 5.95. The number of nitrogens with two attached hydrogens (primary N) is 1. The Morgan fingerprint density at radius 3 is 2.03 bits per heavy atom. The van der Waals surface area contributed by atoms with Gasteiger partial charge in [0.15, 0.2) is 0 Å². The average Bonchev–Trinajstić information content (AvgIpc) is 3.61. The van der Waals surface area contributed by atoms with Crippen molar-refractivity contribution in [2.24, 2.45) is 5.73 Å². The number of aromatic nitrogens is 1. The first-order valence-electron chi connectivity index (χ1n) is 20.0. The normalized spacial score (nSPS) is 13.2. The maximum Gasteiger partial charge on any atom is 0.408 e. The maximum atomic E-state index is 14.1. The molecule has 0 saturated heterocycles. The Morgan fingerprint density at radius 1 is 0.738 bits per heavy atom. The number of carbonyl (C=O) groups excluding carboxylic acids is 6. The fraction of sp³-hybridized carbons (Fsp3) is 0.386. The molecule has 4 aromatic rings. The molecule has 17 heteroatoms. The third-order valence-corrected chi connectivity index (χ3v) is 9.74. The number of primary amides is 1. The van der Waals surface area contributed by atoms with Crippen LogP contribution in [0.15, 0.2) is 85.1 Å². The number of H-pyrrole nitrogens is 1. The molecular formula is C44H54ClN7O9. The molecule has 3 aromatic carbocycles. The van der Waals surface area contributed by atoms with Crippen LogP contribution in [0.4, 0.5) is 4.79 Å². The van der Waals surface area contributed by atoms with Crippen LogP contribution in [0.2, 0.25) is 5.02 Å². The Hall–Kier alpha value is -6.42. The minimum atomic E-state index is -1.68. The molecule has 16 nitrogen and oxygen atoms in total. The quantitative estimate of drug-likeness (QED) is 0.0534. The SMILES string of the molecule is CC(C)(C)OC(=O)N[C@@H](Cc1c[nH]c2ccccc12)C(=O)N[C@@H](CCCCNC(=O)CCc1ccc(Cl)cc1)C(=O)N[C@@H](CC(=O)O)C(=O)N[C@@H](Cc1ccccc1)C(N)=O. The Kier molecular flexibility index (Phi) is 17.7. The van der Waals surface area contributed by atoms with E-state index in [4.69, 9.17) is 22.1 Å². The van der Waals surface area contributed by atoms with E-state index in [2.05, 4.69) is 31.6 Å². The molecule has 1 aromatic heterocycles. The molecule has 0 radical (unpaired) electrons. The topological polar surface area (TPSA) is 251 Å². The lowest BCUT2D eigenvalue weighted by molar-refractivity contribution is -0.141. The van der Waals surface area contributed by atoms with Gasteiger partial charge in [0, 0.05) is 47.9 Å². The van der Waals surface area contributed by atoms with Crippen LogP contribution in [-0.2, 0) is 52.8 Å². The highest BCUT2D eigenvalue weighted by atomic mass is 35.5. The molecule has 0 bridgehead atoms. The number of hydrogen-bond donors (Lipinski definition) is 8. The van der Waals surface area contributed by atoms with E-state index in [0.717, 1.165) is 16.5 Å². The van der Waals surface area contributed by atoms with Crippen molar-refractivity contribution in [3.8, 4) is 0 Å². The van der Waals surface area contributed by atoms with Crippen molar-refractivity contribution < 1.29 is 43.4 Å². The van der Waals surface area contributed by atoms with Gasteiger partial charge in [0.2, 0.25) is 29.5 Å². The first kappa shape index (κ1) is 47.3. The van der Waals surface area contributed by atoms with E-state index in [1.165, 1.54) is 0 Å². The van der Waals surface area contributed by atoms with E-state index < -0.39 is 71.9 Å². The lowest BCUT2D eigenvalue weighted by Crippen LogP contribution is -2.59.